The van der Waals surface area contributed by atoms with Gasteiger partial charge in [-0.3, -0.25) is 9.59 Å². The third-order valence-corrected chi connectivity index (χ3v) is 7.27. The number of amides is 1. The Morgan fingerprint density at radius 1 is 1.17 bits per heavy atom. The first-order chi connectivity index (χ1) is 16.8. The standard InChI is InChI=1S/C26H27ClFNO6/c1-13-2-4-17(9-19(13)28)33-12-16(30)6-14-7-24-20(10-23(14)35-24)29-26(32)25-11-21(31)18-8-15(27)3-5-22(18)34-25/h2-5,8-9,14,20-21,23-25,31H,6-7,10-12H2,1H3,(H,29,32)/t14-,20-,21-,23+,24+,25-/m1/s1. The number of fused-ring (bicyclic) bond motifs is 3. The Morgan fingerprint density at radius 2 is 2.00 bits per heavy atom. The number of carbonyl (C=O) groups excluding carboxylic acids is 2. The Labute approximate surface area is 207 Å². The van der Waals surface area contributed by atoms with Gasteiger partial charge < -0.3 is 24.6 Å². The van der Waals surface area contributed by atoms with E-state index in [1.54, 1.807) is 37.3 Å². The van der Waals surface area contributed by atoms with Crippen molar-refractivity contribution in [1.82, 2.24) is 5.32 Å². The Morgan fingerprint density at radius 3 is 2.74 bits per heavy atom. The first kappa shape index (κ1) is 24.0. The van der Waals surface area contributed by atoms with E-state index in [9.17, 15) is 19.1 Å². The van der Waals surface area contributed by atoms with Gasteiger partial charge in [-0.05, 0) is 55.5 Å². The van der Waals surface area contributed by atoms with E-state index in [2.05, 4.69) is 5.32 Å². The Bertz CT molecular complexity index is 1140. The number of rotatable bonds is 7. The van der Waals surface area contributed by atoms with Crippen LogP contribution in [-0.2, 0) is 14.3 Å². The van der Waals surface area contributed by atoms with E-state index in [0.29, 0.717) is 46.9 Å². The first-order valence-corrected chi connectivity index (χ1v) is 12.2. The number of aryl methyl sites for hydroxylation is 1. The molecule has 2 saturated heterocycles. The lowest BCUT2D eigenvalue weighted by atomic mass is 9.83. The van der Waals surface area contributed by atoms with Crippen LogP contribution in [0.3, 0.4) is 0 Å². The number of ketones is 1. The molecule has 0 saturated carbocycles. The van der Waals surface area contributed by atoms with Crippen molar-refractivity contribution in [3.8, 4) is 11.5 Å². The second kappa shape index (κ2) is 9.76. The molecule has 3 aliphatic heterocycles. The number of aliphatic hydroxyl groups excluding tert-OH is 1. The molecule has 6 atom stereocenters. The van der Waals surface area contributed by atoms with Crippen molar-refractivity contribution < 1.29 is 33.3 Å². The highest BCUT2D eigenvalue weighted by atomic mass is 35.5. The molecule has 186 valence electrons. The molecule has 0 radical (unpaired) electrons. The highest BCUT2D eigenvalue weighted by molar-refractivity contribution is 6.30. The highest BCUT2D eigenvalue weighted by Crippen LogP contribution is 2.41. The van der Waals surface area contributed by atoms with Crippen LogP contribution in [-0.4, -0.2) is 47.8 Å². The fourth-order valence-electron chi connectivity index (χ4n) is 5.15. The van der Waals surface area contributed by atoms with Gasteiger partial charge in [0.05, 0.1) is 24.4 Å². The molecule has 0 aliphatic carbocycles. The maximum absolute atomic E-state index is 13.6. The van der Waals surface area contributed by atoms with Crippen LogP contribution in [0.25, 0.3) is 0 Å². The molecular formula is C26H27ClFNO6. The van der Waals surface area contributed by atoms with E-state index in [4.69, 9.17) is 25.8 Å². The van der Waals surface area contributed by atoms with Gasteiger partial charge in [0.1, 0.15) is 23.9 Å². The predicted octanol–water partition coefficient (Wildman–Crippen LogP) is 3.67. The van der Waals surface area contributed by atoms with Crippen molar-refractivity contribution in [2.75, 3.05) is 6.61 Å². The summed E-state index contributed by atoms with van der Waals surface area (Å²) in [7, 11) is 0. The van der Waals surface area contributed by atoms with Crippen molar-refractivity contribution >= 4 is 23.3 Å². The zero-order chi connectivity index (χ0) is 24.7. The molecule has 5 rings (SSSR count). The number of benzene rings is 2. The molecule has 2 fully saturated rings. The molecule has 2 aromatic carbocycles. The van der Waals surface area contributed by atoms with Gasteiger partial charge in [-0.15, -0.1) is 0 Å². The third-order valence-electron chi connectivity index (χ3n) is 7.04. The normalized spacial score (nSPS) is 28.8. The molecule has 3 aliphatic rings. The first-order valence-electron chi connectivity index (χ1n) is 11.8. The van der Waals surface area contributed by atoms with Crippen LogP contribution in [0.2, 0.25) is 5.02 Å². The number of nitrogens with one attached hydrogen (secondary N) is 1. The maximum atomic E-state index is 13.6. The fraction of sp³-hybridized carbons (Fsp3) is 0.462. The number of halogens is 2. The van der Waals surface area contributed by atoms with E-state index < -0.39 is 12.2 Å². The summed E-state index contributed by atoms with van der Waals surface area (Å²) in [5, 5.41) is 13.9. The smallest absolute Gasteiger partial charge is 0.261 e. The monoisotopic (exact) mass is 503 g/mol. The van der Waals surface area contributed by atoms with Crippen molar-refractivity contribution in [1.29, 1.82) is 0 Å². The summed E-state index contributed by atoms with van der Waals surface area (Å²) in [6, 6.07) is 9.32. The molecule has 2 N–H and O–H groups in total. The van der Waals surface area contributed by atoms with Gasteiger partial charge >= 0.3 is 0 Å². The van der Waals surface area contributed by atoms with Crippen LogP contribution in [0, 0.1) is 18.7 Å². The van der Waals surface area contributed by atoms with Crippen LogP contribution in [0.1, 0.15) is 42.9 Å². The number of hydrogen-bond acceptors (Lipinski definition) is 6. The molecular weight excluding hydrogens is 477 g/mol. The van der Waals surface area contributed by atoms with Crippen molar-refractivity contribution in [2.45, 2.75) is 63.1 Å². The number of carbonyl (C=O) groups is 2. The van der Waals surface area contributed by atoms with Gasteiger partial charge in [-0.1, -0.05) is 17.7 Å². The zero-order valence-electron chi connectivity index (χ0n) is 19.2. The van der Waals surface area contributed by atoms with Gasteiger partial charge in [0.2, 0.25) is 0 Å². The molecule has 9 heteroatoms. The Hall–Kier alpha value is -2.68. The van der Waals surface area contributed by atoms with Crippen LogP contribution >= 0.6 is 11.6 Å². The van der Waals surface area contributed by atoms with Crippen molar-refractivity contribution in [2.24, 2.45) is 5.92 Å². The summed E-state index contributed by atoms with van der Waals surface area (Å²) in [5.74, 6) is 0.101. The van der Waals surface area contributed by atoms with Gasteiger partial charge in [0, 0.05) is 29.5 Å². The minimum Gasteiger partial charge on any atom is -0.486 e. The van der Waals surface area contributed by atoms with Crippen LogP contribution in [0.15, 0.2) is 36.4 Å². The quantitative estimate of drug-likeness (QED) is 0.599. The summed E-state index contributed by atoms with van der Waals surface area (Å²) in [6.07, 6.45) is -0.204. The lowest BCUT2D eigenvalue weighted by Crippen LogP contribution is -2.49. The van der Waals surface area contributed by atoms with Gasteiger partial charge in [-0.2, -0.15) is 0 Å². The van der Waals surface area contributed by atoms with Gasteiger partial charge in [0.25, 0.3) is 5.91 Å². The maximum Gasteiger partial charge on any atom is 0.261 e. The third kappa shape index (κ3) is 5.15. The lowest BCUT2D eigenvalue weighted by Gasteiger charge is -2.31. The largest absolute Gasteiger partial charge is 0.486 e. The predicted molar refractivity (Wildman–Crippen MR) is 125 cm³/mol. The molecule has 7 nitrogen and oxygen atoms in total. The summed E-state index contributed by atoms with van der Waals surface area (Å²) < 4.78 is 30.9. The van der Waals surface area contributed by atoms with Crippen LogP contribution in [0.4, 0.5) is 4.39 Å². The highest BCUT2D eigenvalue weighted by Gasteiger charge is 2.48. The van der Waals surface area contributed by atoms with Crippen LogP contribution in [0.5, 0.6) is 11.5 Å². The molecule has 0 unspecified atom stereocenters. The van der Waals surface area contributed by atoms with E-state index in [-0.39, 0.29) is 54.7 Å². The average molecular weight is 504 g/mol. The van der Waals surface area contributed by atoms with Crippen molar-refractivity contribution in [3.05, 3.63) is 58.4 Å². The van der Waals surface area contributed by atoms with Crippen molar-refractivity contribution in [3.63, 3.8) is 0 Å². The Balaban J connectivity index is 1.09. The number of hydrogen-bond donors (Lipinski definition) is 2. The molecule has 3 heterocycles. The number of Topliss-reactive ketones (excluding diaryl/α,β-unsaturated/α-hetero) is 1. The second-order valence-corrected chi connectivity index (χ2v) is 9.98. The zero-order valence-corrected chi connectivity index (χ0v) is 20.0. The summed E-state index contributed by atoms with van der Waals surface area (Å²) >= 11 is 5.99. The van der Waals surface area contributed by atoms with E-state index in [0.717, 1.165) is 0 Å². The minimum atomic E-state index is -0.835. The SMILES string of the molecule is Cc1ccc(OCC(=O)C[C@@H]2C[C@@H]3O[C@H]2C[C@H]3NC(=O)[C@H]2C[C@@H](O)c3cc(Cl)ccc3O2)cc1F. The van der Waals surface area contributed by atoms with Gasteiger partial charge in [-0.25, -0.2) is 4.39 Å². The molecule has 0 aromatic heterocycles. The van der Waals surface area contributed by atoms with Crippen LogP contribution < -0.4 is 14.8 Å². The lowest BCUT2D eigenvalue weighted by molar-refractivity contribution is -0.131. The number of ether oxygens (including phenoxy) is 3. The molecule has 0 spiro atoms. The minimum absolute atomic E-state index is 0.0587. The van der Waals surface area contributed by atoms with E-state index in [1.165, 1.54) is 6.07 Å². The molecule has 35 heavy (non-hydrogen) atoms. The molecule has 2 bridgehead atoms. The molecule has 2 aromatic rings. The second-order valence-electron chi connectivity index (χ2n) is 9.54. The molecule has 1 amide bonds. The Kier molecular flexibility index (Phi) is 6.70. The number of aliphatic hydroxyl groups is 1. The summed E-state index contributed by atoms with van der Waals surface area (Å²) in [5.41, 5.74) is 1.10. The average Bonchev–Trinajstić information content (AvgIpc) is 3.40. The topological polar surface area (TPSA) is 94.1 Å². The van der Waals surface area contributed by atoms with E-state index in [1.807, 2.05) is 0 Å². The summed E-state index contributed by atoms with van der Waals surface area (Å²) in [4.78, 5) is 25.3. The van der Waals surface area contributed by atoms with Gasteiger partial charge in [0.15, 0.2) is 11.9 Å². The fourth-order valence-corrected chi connectivity index (χ4v) is 5.33. The van der Waals surface area contributed by atoms with E-state index >= 15 is 0 Å². The summed E-state index contributed by atoms with van der Waals surface area (Å²) in [6.45, 7) is 1.54.